The minimum Gasteiger partial charge on any atom is -0.207 e. The normalized spacial score (nSPS) is 19.2. The van der Waals surface area contributed by atoms with Crippen LogP contribution >= 0.6 is 11.6 Å². The lowest BCUT2D eigenvalue weighted by Crippen LogP contribution is -2.30. The van der Waals surface area contributed by atoms with E-state index in [2.05, 4.69) is 0 Å². The molecule has 1 aliphatic rings. The zero-order valence-electron chi connectivity index (χ0n) is 12.7. The third kappa shape index (κ3) is 3.13. The number of benzene rings is 2. The Morgan fingerprint density at radius 2 is 1.87 bits per heavy atom. The average Bonchev–Trinajstić information content (AvgIpc) is 3.01. The first kappa shape index (κ1) is 16.4. The Labute approximate surface area is 140 Å². The summed E-state index contributed by atoms with van der Waals surface area (Å²) in [5.74, 6) is -0.623. The molecule has 0 spiro atoms. The Kier molecular flexibility index (Phi) is 4.45. The molecule has 0 aliphatic carbocycles. The van der Waals surface area contributed by atoms with E-state index in [1.54, 1.807) is 0 Å². The van der Waals surface area contributed by atoms with E-state index in [1.165, 1.54) is 16.4 Å². The number of halogens is 2. The first-order valence-corrected chi connectivity index (χ1v) is 9.25. The summed E-state index contributed by atoms with van der Waals surface area (Å²) in [4.78, 5) is 0.0305. The van der Waals surface area contributed by atoms with E-state index in [-0.39, 0.29) is 16.0 Å². The number of nitrogens with zero attached hydrogens (tertiary/aromatic N) is 1. The van der Waals surface area contributed by atoms with Crippen LogP contribution in [0.3, 0.4) is 0 Å². The van der Waals surface area contributed by atoms with Crippen LogP contribution in [0, 0.1) is 12.7 Å². The van der Waals surface area contributed by atoms with Crippen LogP contribution in [0.1, 0.15) is 30.0 Å². The molecule has 0 N–H and O–H groups in total. The van der Waals surface area contributed by atoms with Gasteiger partial charge in [-0.25, -0.2) is 12.8 Å². The minimum atomic E-state index is -3.70. The van der Waals surface area contributed by atoms with Crippen molar-refractivity contribution in [3.8, 4) is 0 Å². The van der Waals surface area contributed by atoms with E-state index >= 15 is 0 Å². The predicted molar refractivity (Wildman–Crippen MR) is 88.5 cm³/mol. The lowest BCUT2D eigenvalue weighted by molar-refractivity contribution is 0.396. The first-order valence-electron chi connectivity index (χ1n) is 7.43. The molecule has 1 atom stereocenters. The van der Waals surface area contributed by atoms with Gasteiger partial charge in [-0.3, -0.25) is 0 Å². The Balaban J connectivity index is 1.97. The predicted octanol–water partition coefficient (Wildman–Crippen LogP) is 4.31. The molecule has 0 amide bonds. The second kappa shape index (κ2) is 6.23. The molecule has 1 aliphatic heterocycles. The molecule has 2 aromatic carbocycles. The van der Waals surface area contributed by atoms with Gasteiger partial charge in [-0.2, -0.15) is 4.31 Å². The Bertz CT molecular complexity index is 821. The molecule has 2 aromatic rings. The molecule has 3 rings (SSSR count). The summed E-state index contributed by atoms with van der Waals surface area (Å²) in [7, 11) is -3.70. The molecule has 3 nitrogen and oxygen atoms in total. The van der Waals surface area contributed by atoms with Crippen LogP contribution in [0.5, 0.6) is 0 Å². The van der Waals surface area contributed by atoms with Gasteiger partial charge in [0.2, 0.25) is 10.0 Å². The van der Waals surface area contributed by atoms with Crippen molar-refractivity contribution in [3.05, 3.63) is 64.4 Å². The topological polar surface area (TPSA) is 37.4 Å². The van der Waals surface area contributed by atoms with E-state index in [0.29, 0.717) is 6.54 Å². The molecule has 23 heavy (non-hydrogen) atoms. The van der Waals surface area contributed by atoms with Crippen LogP contribution in [0.4, 0.5) is 4.39 Å². The van der Waals surface area contributed by atoms with Crippen molar-refractivity contribution in [2.45, 2.75) is 30.7 Å². The molecular formula is C17H17ClFNO2S. The third-order valence-corrected chi connectivity index (χ3v) is 6.36. The summed E-state index contributed by atoms with van der Waals surface area (Å²) in [5.41, 5.74) is 2.11. The average molecular weight is 354 g/mol. The zero-order chi connectivity index (χ0) is 16.6. The van der Waals surface area contributed by atoms with Crippen LogP contribution in [0.2, 0.25) is 5.02 Å². The summed E-state index contributed by atoms with van der Waals surface area (Å²) in [6, 6.07) is 11.2. The van der Waals surface area contributed by atoms with Gasteiger partial charge in [-0.15, -0.1) is 0 Å². The maximum absolute atomic E-state index is 13.3. The molecule has 0 saturated carbocycles. The highest BCUT2D eigenvalue weighted by Crippen LogP contribution is 2.37. The fourth-order valence-corrected chi connectivity index (χ4v) is 4.88. The van der Waals surface area contributed by atoms with Gasteiger partial charge >= 0.3 is 0 Å². The fourth-order valence-electron chi connectivity index (χ4n) is 2.92. The Hall–Kier alpha value is -1.43. The zero-order valence-corrected chi connectivity index (χ0v) is 14.2. The number of sulfonamides is 1. The van der Waals surface area contributed by atoms with E-state index < -0.39 is 15.8 Å². The fraction of sp³-hybridized carbons (Fsp3) is 0.294. The van der Waals surface area contributed by atoms with Gasteiger partial charge in [0.15, 0.2) is 0 Å². The molecule has 122 valence electrons. The highest BCUT2D eigenvalue weighted by molar-refractivity contribution is 7.89. The maximum Gasteiger partial charge on any atom is 0.243 e. The summed E-state index contributed by atoms with van der Waals surface area (Å²) < 4.78 is 40.6. The lowest BCUT2D eigenvalue weighted by atomic mass is 10.0. The molecule has 0 aromatic heterocycles. The summed E-state index contributed by atoms with van der Waals surface area (Å²) >= 11 is 5.74. The van der Waals surface area contributed by atoms with Crippen molar-refractivity contribution in [2.75, 3.05) is 6.54 Å². The minimum absolute atomic E-state index is 0.0305. The van der Waals surface area contributed by atoms with Crippen LogP contribution in [-0.2, 0) is 10.0 Å². The molecule has 6 heteroatoms. The molecule has 1 fully saturated rings. The monoisotopic (exact) mass is 353 g/mol. The van der Waals surface area contributed by atoms with Crippen molar-refractivity contribution < 1.29 is 12.8 Å². The first-order chi connectivity index (χ1) is 10.9. The van der Waals surface area contributed by atoms with Crippen LogP contribution in [-0.4, -0.2) is 19.3 Å². The van der Waals surface area contributed by atoms with Gasteiger partial charge in [0, 0.05) is 6.54 Å². The van der Waals surface area contributed by atoms with Gasteiger partial charge < -0.3 is 0 Å². The largest absolute Gasteiger partial charge is 0.243 e. The van der Waals surface area contributed by atoms with Gasteiger partial charge in [0.1, 0.15) is 5.82 Å². The highest BCUT2D eigenvalue weighted by Gasteiger charge is 2.36. The number of hydrogen-bond donors (Lipinski definition) is 0. The maximum atomic E-state index is 13.3. The van der Waals surface area contributed by atoms with Gasteiger partial charge in [0.25, 0.3) is 0 Å². The van der Waals surface area contributed by atoms with Crippen molar-refractivity contribution >= 4 is 21.6 Å². The molecule has 1 heterocycles. The van der Waals surface area contributed by atoms with Crippen molar-refractivity contribution in [2.24, 2.45) is 0 Å². The van der Waals surface area contributed by atoms with Crippen LogP contribution in [0.15, 0.2) is 47.4 Å². The van der Waals surface area contributed by atoms with E-state index in [4.69, 9.17) is 11.6 Å². The smallest absolute Gasteiger partial charge is 0.207 e. The Morgan fingerprint density at radius 1 is 1.17 bits per heavy atom. The summed E-state index contributed by atoms with van der Waals surface area (Å²) in [6.07, 6.45) is 1.57. The molecule has 0 bridgehead atoms. The molecule has 1 saturated heterocycles. The summed E-state index contributed by atoms with van der Waals surface area (Å²) in [6.45, 7) is 2.45. The van der Waals surface area contributed by atoms with E-state index in [9.17, 15) is 12.8 Å². The van der Waals surface area contributed by atoms with E-state index in [1.807, 2.05) is 31.2 Å². The van der Waals surface area contributed by atoms with Crippen LogP contribution in [0.25, 0.3) is 0 Å². The highest BCUT2D eigenvalue weighted by atomic mass is 35.5. The van der Waals surface area contributed by atoms with Crippen LogP contribution < -0.4 is 0 Å². The standard InChI is InChI=1S/C17H17ClFNO2S/c1-12-4-6-13(7-5-12)17-3-2-10-20(17)23(21,22)14-8-9-16(19)15(18)11-14/h4-9,11,17H,2-3,10H2,1H3/t17-/m0/s1. The second-order valence-corrected chi connectivity index (χ2v) is 8.06. The van der Waals surface area contributed by atoms with Crippen molar-refractivity contribution in [1.82, 2.24) is 4.31 Å². The van der Waals surface area contributed by atoms with Gasteiger partial charge in [0.05, 0.1) is 16.0 Å². The van der Waals surface area contributed by atoms with E-state index in [0.717, 1.165) is 30.0 Å². The Morgan fingerprint density at radius 3 is 2.52 bits per heavy atom. The third-order valence-electron chi connectivity index (χ3n) is 4.16. The molecule has 0 radical (unpaired) electrons. The number of hydrogen-bond acceptors (Lipinski definition) is 2. The number of rotatable bonds is 3. The van der Waals surface area contributed by atoms with Gasteiger partial charge in [-0.05, 0) is 43.5 Å². The SMILES string of the molecule is Cc1ccc([C@@H]2CCCN2S(=O)(=O)c2ccc(F)c(Cl)c2)cc1. The van der Waals surface area contributed by atoms with Crippen molar-refractivity contribution in [1.29, 1.82) is 0 Å². The summed E-state index contributed by atoms with van der Waals surface area (Å²) in [5, 5.41) is -0.183. The molecular weight excluding hydrogens is 337 g/mol. The van der Waals surface area contributed by atoms with Crippen molar-refractivity contribution in [3.63, 3.8) is 0 Å². The number of aryl methyl sites for hydroxylation is 1. The molecule has 0 unspecified atom stereocenters. The quantitative estimate of drug-likeness (QED) is 0.824. The lowest BCUT2D eigenvalue weighted by Gasteiger charge is -2.24. The van der Waals surface area contributed by atoms with Gasteiger partial charge in [-0.1, -0.05) is 41.4 Å². The second-order valence-electron chi connectivity index (χ2n) is 5.76.